The first-order valence-electron chi connectivity index (χ1n) is 4.76. The lowest BCUT2D eigenvalue weighted by Gasteiger charge is -2.01. The number of aromatic hydroxyl groups is 1. The highest BCUT2D eigenvalue weighted by atomic mass is 19.1. The number of nitrogens with zero attached hydrogens (tertiary/aromatic N) is 1. The third-order valence-corrected chi connectivity index (χ3v) is 2.87. The van der Waals surface area contributed by atoms with Crippen LogP contribution in [0.1, 0.15) is 12.1 Å². The number of aryl methyl sites for hydroxylation is 2. The van der Waals surface area contributed by atoms with E-state index in [1.54, 1.807) is 0 Å². The molecule has 3 heteroatoms. The molecule has 0 unspecified atom stereocenters. The first-order chi connectivity index (χ1) is 6.75. The molecule has 1 aromatic heterocycles. The molecule has 0 aliphatic carbocycles. The van der Waals surface area contributed by atoms with Gasteiger partial charge in [-0.1, -0.05) is 0 Å². The highest BCUT2D eigenvalue weighted by Gasteiger charge is 2.15. The van der Waals surface area contributed by atoms with Crippen molar-refractivity contribution in [3.8, 4) is 5.75 Å². The minimum atomic E-state index is -0.537. The molecule has 2 heterocycles. The van der Waals surface area contributed by atoms with Crippen molar-refractivity contribution >= 4 is 10.9 Å². The zero-order valence-corrected chi connectivity index (χ0v) is 7.63. The summed E-state index contributed by atoms with van der Waals surface area (Å²) in [5, 5.41) is 10.2. The fraction of sp³-hybridized carbons (Fsp3) is 0.273. The lowest BCUT2D eigenvalue weighted by atomic mass is 10.2. The Morgan fingerprint density at radius 1 is 1.29 bits per heavy atom. The molecule has 0 atom stereocenters. The molecular weight excluding hydrogens is 181 g/mol. The normalized spacial score (nSPS) is 14.9. The number of fused-ring (bicyclic) bond motifs is 3. The largest absolute Gasteiger partial charge is 0.505 e. The van der Waals surface area contributed by atoms with Crippen LogP contribution in [0.4, 0.5) is 4.39 Å². The summed E-state index contributed by atoms with van der Waals surface area (Å²) in [6.45, 7) is 0.961. The molecule has 0 radical (unpaired) electrons. The molecular formula is C11H10FNO. The fourth-order valence-corrected chi connectivity index (χ4v) is 2.22. The van der Waals surface area contributed by atoms with Crippen molar-refractivity contribution in [1.82, 2.24) is 4.57 Å². The van der Waals surface area contributed by atoms with Gasteiger partial charge in [-0.3, -0.25) is 0 Å². The second-order valence-electron chi connectivity index (χ2n) is 3.75. The van der Waals surface area contributed by atoms with Gasteiger partial charge in [-0.05, 0) is 25.0 Å². The van der Waals surface area contributed by atoms with E-state index in [9.17, 15) is 9.50 Å². The van der Waals surface area contributed by atoms with Gasteiger partial charge < -0.3 is 9.67 Å². The second-order valence-corrected chi connectivity index (χ2v) is 3.75. The Bertz CT molecular complexity index is 515. The van der Waals surface area contributed by atoms with E-state index in [4.69, 9.17) is 0 Å². The summed E-state index contributed by atoms with van der Waals surface area (Å²) in [6.07, 6.45) is 2.19. The number of hydrogen-bond donors (Lipinski definition) is 1. The topological polar surface area (TPSA) is 25.2 Å². The highest BCUT2D eigenvalue weighted by molar-refractivity contribution is 5.83. The van der Waals surface area contributed by atoms with Gasteiger partial charge in [0.05, 0.1) is 5.52 Å². The first-order valence-corrected chi connectivity index (χ1v) is 4.76. The van der Waals surface area contributed by atoms with Crippen LogP contribution in [0, 0.1) is 5.82 Å². The van der Waals surface area contributed by atoms with Crippen LogP contribution in [0.25, 0.3) is 10.9 Å². The van der Waals surface area contributed by atoms with Gasteiger partial charge in [0.1, 0.15) is 0 Å². The lowest BCUT2D eigenvalue weighted by Crippen LogP contribution is -1.91. The van der Waals surface area contributed by atoms with Crippen molar-refractivity contribution in [3.05, 3.63) is 29.7 Å². The van der Waals surface area contributed by atoms with Gasteiger partial charge in [0.15, 0.2) is 11.6 Å². The molecule has 72 valence electrons. The monoisotopic (exact) mass is 191 g/mol. The van der Waals surface area contributed by atoms with Crippen LogP contribution in [0.15, 0.2) is 18.2 Å². The van der Waals surface area contributed by atoms with Crippen LogP contribution in [-0.4, -0.2) is 9.67 Å². The van der Waals surface area contributed by atoms with Crippen LogP contribution in [-0.2, 0) is 13.0 Å². The van der Waals surface area contributed by atoms with E-state index < -0.39 is 5.82 Å². The number of benzene rings is 1. The maximum absolute atomic E-state index is 13.1. The molecule has 0 fully saturated rings. The molecule has 2 aromatic rings. The predicted octanol–water partition coefficient (Wildman–Crippen LogP) is 2.43. The summed E-state index contributed by atoms with van der Waals surface area (Å²) in [5.74, 6) is -0.799. The Labute approximate surface area is 80.6 Å². The van der Waals surface area contributed by atoms with Crippen molar-refractivity contribution in [1.29, 1.82) is 0 Å². The van der Waals surface area contributed by atoms with Gasteiger partial charge in [-0.15, -0.1) is 0 Å². The van der Waals surface area contributed by atoms with Crippen molar-refractivity contribution in [3.63, 3.8) is 0 Å². The predicted molar refractivity (Wildman–Crippen MR) is 51.9 cm³/mol. The molecule has 3 rings (SSSR count). The number of phenolic OH excluding ortho intramolecular Hbond substituents is 1. The summed E-state index contributed by atoms with van der Waals surface area (Å²) in [5.41, 5.74) is 2.14. The van der Waals surface area contributed by atoms with E-state index >= 15 is 0 Å². The van der Waals surface area contributed by atoms with E-state index in [2.05, 4.69) is 4.57 Å². The van der Waals surface area contributed by atoms with Crippen LogP contribution >= 0.6 is 0 Å². The molecule has 1 aliphatic rings. The Balaban J connectivity index is 2.39. The quantitative estimate of drug-likeness (QED) is 0.679. The standard InChI is InChI=1S/C11H10FNO/c12-9-6-10-7(5-11(9)14)4-8-2-1-3-13(8)10/h4-6,14H,1-3H2. The van der Waals surface area contributed by atoms with Gasteiger partial charge >= 0.3 is 0 Å². The summed E-state index contributed by atoms with van der Waals surface area (Å²) >= 11 is 0. The Morgan fingerprint density at radius 3 is 3.00 bits per heavy atom. The van der Waals surface area contributed by atoms with Gasteiger partial charge in [0.2, 0.25) is 0 Å². The van der Waals surface area contributed by atoms with Crippen LogP contribution < -0.4 is 0 Å². The number of hydrogen-bond acceptors (Lipinski definition) is 1. The van der Waals surface area contributed by atoms with Crippen molar-refractivity contribution in [2.75, 3.05) is 0 Å². The zero-order valence-electron chi connectivity index (χ0n) is 7.63. The van der Waals surface area contributed by atoms with Crippen LogP contribution in [0.3, 0.4) is 0 Å². The van der Waals surface area contributed by atoms with Gasteiger partial charge in [0, 0.05) is 23.7 Å². The third kappa shape index (κ3) is 0.895. The maximum Gasteiger partial charge on any atom is 0.166 e. The average Bonchev–Trinajstić information content (AvgIpc) is 2.68. The zero-order chi connectivity index (χ0) is 9.71. The molecule has 1 aromatic carbocycles. The SMILES string of the molecule is Oc1cc2cc3n(c2cc1F)CCC3. The van der Waals surface area contributed by atoms with E-state index in [1.807, 2.05) is 6.07 Å². The minimum Gasteiger partial charge on any atom is -0.505 e. The number of aromatic nitrogens is 1. The van der Waals surface area contributed by atoms with Gasteiger partial charge in [-0.25, -0.2) is 4.39 Å². The van der Waals surface area contributed by atoms with Crippen molar-refractivity contribution in [2.45, 2.75) is 19.4 Å². The van der Waals surface area contributed by atoms with E-state index in [1.165, 1.54) is 17.8 Å². The molecule has 0 saturated carbocycles. The highest BCUT2D eigenvalue weighted by Crippen LogP contribution is 2.30. The second kappa shape index (κ2) is 2.50. The first kappa shape index (κ1) is 7.85. The van der Waals surface area contributed by atoms with Crippen molar-refractivity contribution in [2.24, 2.45) is 0 Å². The summed E-state index contributed by atoms with van der Waals surface area (Å²) in [6, 6.07) is 4.94. The molecule has 1 N–H and O–H groups in total. The molecule has 2 nitrogen and oxygen atoms in total. The third-order valence-electron chi connectivity index (χ3n) is 2.87. The number of halogens is 1. The lowest BCUT2D eigenvalue weighted by molar-refractivity contribution is 0.433. The Hall–Kier alpha value is -1.51. The fourth-order valence-electron chi connectivity index (χ4n) is 2.22. The molecule has 0 spiro atoms. The summed E-state index contributed by atoms with van der Waals surface area (Å²) < 4.78 is 15.3. The molecule has 1 aliphatic heterocycles. The van der Waals surface area contributed by atoms with E-state index in [0.717, 1.165) is 30.3 Å². The Kier molecular flexibility index (Phi) is 1.40. The number of phenols is 1. The minimum absolute atomic E-state index is 0.262. The van der Waals surface area contributed by atoms with Crippen LogP contribution in [0.2, 0.25) is 0 Å². The van der Waals surface area contributed by atoms with Gasteiger partial charge in [-0.2, -0.15) is 0 Å². The summed E-state index contributed by atoms with van der Waals surface area (Å²) in [4.78, 5) is 0. The molecule has 14 heavy (non-hydrogen) atoms. The van der Waals surface area contributed by atoms with E-state index in [0.29, 0.717) is 0 Å². The molecule has 0 amide bonds. The smallest absolute Gasteiger partial charge is 0.166 e. The number of rotatable bonds is 0. The molecule has 0 saturated heterocycles. The van der Waals surface area contributed by atoms with Crippen LogP contribution in [0.5, 0.6) is 5.75 Å². The molecule has 0 bridgehead atoms. The average molecular weight is 191 g/mol. The van der Waals surface area contributed by atoms with Gasteiger partial charge in [0.25, 0.3) is 0 Å². The Morgan fingerprint density at radius 2 is 2.14 bits per heavy atom. The van der Waals surface area contributed by atoms with E-state index in [-0.39, 0.29) is 5.75 Å². The van der Waals surface area contributed by atoms with Crippen molar-refractivity contribution < 1.29 is 9.50 Å². The summed E-state index contributed by atoms with van der Waals surface area (Å²) in [7, 11) is 0. The maximum atomic E-state index is 13.1.